The van der Waals surface area contributed by atoms with Crippen LogP contribution in [0.25, 0.3) is 16.6 Å². The molecule has 2 bridgehead atoms. The zero-order valence-corrected chi connectivity index (χ0v) is 23.5. The molecule has 0 aliphatic carbocycles. The van der Waals surface area contributed by atoms with E-state index in [-0.39, 0.29) is 6.61 Å². The summed E-state index contributed by atoms with van der Waals surface area (Å²) in [6.45, 7) is 6.50. The van der Waals surface area contributed by atoms with Crippen LogP contribution < -0.4 is 14.5 Å². The minimum Gasteiger partial charge on any atom is -0.489 e. The number of piperidine rings is 1. The van der Waals surface area contributed by atoms with E-state index in [4.69, 9.17) is 9.72 Å². The largest absolute Gasteiger partial charge is 0.489 e. The van der Waals surface area contributed by atoms with Crippen LogP contribution in [0.1, 0.15) is 30.7 Å². The lowest BCUT2D eigenvalue weighted by molar-refractivity contribution is -0.00782. The smallest absolute Gasteiger partial charge is 0.138 e. The third-order valence-electron chi connectivity index (χ3n) is 7.45. The number of rotatable bonds is 8. The van der Waals surface area contributed by atoms with Gasteiger partial charge in [-0.15, -0.1) is 11.3 Å². The molecule has 10 heteroatoms. The molecule has 1 N–H and O–H groups in total. The Balaban J connectivity index is 1.19. The van der Waals surface area contributed by atoms with Crippen LogP contribution in [0, 0.1) is 11.3 Å². The zero-order valence-electron chi connectivity index (χ0n) is 22.7. The number of pyridine rings is 2. The van der Waals surface area contributed by atoms with Crippen molar-refractivity contribution in [2.24, 2.45) is 0 Å². The average Bonchev–Trinajstić information content (AvgIpc) is 3.57. The van der Waals surface area contributed by atoms with E-state index in [9.17, 15) is 10.4 Å². The maximum Gasteiger partial charge on any atom is 0.138 e. The van der Waals surface area contributed by atoms with Gasteiger partial charge in [-0.3, -0.25) is 4.90 Å². The number of aliphatic hydroxyl groups is 1. The molecule has 9 nitrogen and oxygen atoms in total. The highest BCUT2D eigenvalue weighted by Crippen LogP contribution is 2.38. The first-order valence-electron chi connectivity index (χ1n) is 13.2. The van der Waals surface area contributed by atoms with Gasteiger partial charge < -0.3 is 19.6 Å². The first kappa shape index (κ1) is 25.6. The Morgan fingerprint density at radius 1 is 1.18 bits per heavy atom. The number of anilines is 2. The fraction of sp³-hybridized carbons (Fsp3) is 0.414. The van der Waals surface area contributed by atoms with Gasteiger partial charge in [-0.1, -0.05) is 0 Å². The molecule has 39 heavy (non-hydrogen) atoms. The van der Waals surface area contributed by atoms with Crippen molar-refractivity contribution in [1.82, 2.24) is 19.5 Å². The molecule has 202 valence electrons. The van der Waals surface area contributed by atoms with E-state index in [0.717, 1.165) is 36.6 Å². The van der Waals surface area contributed by atoms with Gasteiger partial charge in [0.1, 0.15) is 24.2 Å². The molecule has 2 atom stereocenters. The van der Waals surface area contributed by atoms with Crippen molar-refractivity contribution in [3.63, 3.8) is 0 Å². The molecule has 3 aliphatic rings. The van der Waals surface area contributed by atoms with Crippen LogP contribution in [0.4, 0.5) is 10.8 Å². The number of thiophene rings is 1. The molecule has 7 heterocycles. The third kappa shape index (κ3) is 5.05. The molecule has 3 saturated heterocycles. The summed E-state index contributed by atoms with van der Waals surface area (Å²) in [5.74, 6) is 1.54. The van der Waals surface area contributed by atoms with Gasteiger partial charge >= 0.3 is 0 Å². The SMILES string of the molecule is CN(C)c1ccc(CN2C3CC2CN(c2ccc(-c4cc(OCC(C)(C)O)cn5ncc(C#N)c45)cn2)C3)s1. The van der Waals surface area contributed by atoms with Crippen LogP contribution in [0.5, 0.6) is 5.75 Å². The highest BCUT2D eigenvalue weighted by Gasteiger charge is 2.44. The van der Waals surface area contributed by atoms with E-state index < -0.39 is 5.60 Å². The first-order valence-corrected chi connectivity index (χ1v) is 14.0. The highest BCUT2D eigenvalue weighted by atomic mass is 32.1. The van der Waals surface area contributed by atoms with Crippen LogP contribution in [0.3, 0.4) is 0 Å². The fourth-order valence-corrected chi connectivity index (χ4v) is 6.41. The summed E-state index contributed by atoms with van der Waals surface area (Å²) in [4.78, 5) is 13.4. The molecule has 0 radical (unpaired) electrons. The summed E-state index contributed by atoms with van der Waals surface area (Å²) >= 11 is 1.87. The van der Waals surface area contributed by atoms with Crippen molar-refractivity contribution >= 4 is 27.7 Å². The molecule has 4 aromatic rings. The van der Waals surface area contributed by atoms with Gasteiger partial charge in [0.2, 0.25) is 0 Å². The Labute approximate surface area is 232 Å². The second-order valence-corrected chi connectivity index (χ2v) is 12.5. The predicted octanol–water partition coefficient (Wildman–Crippen LogP) is 4.01. The molecule has 0 saturated carbocycles. The van der Waals surface area contributed by atoms with Gasteiger partial charge in [-0.05, 0) is 50.6 Å². The molecular formula is C29H33N7O2S. The van der Waals surface area contributed by atoms with Crippen LogP contribution >= 0.6 is 11.3 Å². The van der Waals surface area contributed by atoms with Crippen molar-refractivity contribution in [2.75, 3.05) is 43.6 Å². The maximum absolute atomic E-state index is 10.1. The Kier molecular flexibility index (Phi) is 6.46. The summed E-state index contributed by atoms with van der Waals surface area (Å²) < 4.78 is 7.51. The maximum atomic E-state index is 10.1. The molecule has 0 spiro atoms. The van der Waals surface area contributed by atoms with Gasteiger partial charge in [0, 0.05) is 68.0 Å². The Hall–Kier alpha value is -3.65. The Morgan fingerprint density at radius 3 is 2.62 bits per heavy atom. The van der Waals surface area contributed by atoms with Gasteiger partial charge in [0.05, 0.1) is 34.1 Å². The number of hydrogen-bond donors (Lipinski definition) is 1. The monoisotopic (exact) mass is 543 g/mol. The Morgan fingerprint density at radius 2 is 1.97 bits per heavy atom. The van der Waals surface area contributed by atoms with E-state index in [0.29, 0.717) is 28.9 Å². The number of hydrogen-bond acceptors (Lipinski definition) is 9. The quantitative estimate of drug-likeness (QED) is 0.356. The van der Waals surface area contributed by atoms with E-state index in [1.54, 1.807) is 30.8 Å². The zero-order chi connectivity index (χ0) is 27.3. The van der Waals surface area contributed by atoms with Crippen LogP contribution in [-0.4, -0.2) is 76.1 Å². The standard InChI is InChI=1S/C29H33N7O2S/c1-29(2,37)18-38-23-10-25(28-20(11-30)13-32-36(28)16-23)19-5-7-26(31-12-19)34-14-21-9-22(15-34)35(21)17-24-6-8-27(39-24)33(3)4/h5-8,10,12-13,16,21-22,37H,9,14-15,17-18H2,1-4H3. The molecule has 0 aromatic carbocycles. The van der Waals surface area contributed by atoms with Crippen molar-refractivity contribution in [3.8, 4) is 22.9 Å². The number of nitrogens with zero attached hydrogens (tertiary/aromatic N) is 7. The summed E-state index contributed by atoms with van der Waals surface area (Å²) in [6, 6.07) is 13.8. The molecule has 3 aliphatic heterocycles. The fourth-order valence-electron chi connectivity index (χ4n) is 5.47. The molecule has 4 aromatic heterocycles. The summed E-state index contributed by atoms with van der Waals surface area (Å²) in [5, 5.41) is 25.4. The summed E-state index contributed by atoms with van der Waals surface area (Å²) in [5.41, 5.74) is 1.93. The molecular weight excluding hydrogens is 510 g/mol. The van der Waals surface area contributed by atoms with Crippen molar-refractivity contribution in [2.45, 2.75) is 44.5 Å². The van der Waals surface area contributed by atoms with Crippen molar-refractivity contribution in [3.05, 3.63) is 59.4 Å². The number of piperazine rings is 1. The lowest BCUT2D eigenvalue weighted by Gasteiger charge is -2.56. The minimum atomic E-state index is -0.968. The lowest BCUT2D eigenvalue weighted by Crippen LogP contribution is -2.68. The lowest BCUT2D eigenvalue weighted by atomic mass is 9.87. The molecule has 7 rings (SSSR count). The highest BCUT2D eigenvalue weighted by molar-refractivity contribution is 7.16. The summed E-state index contributed by atoms with van der Waals surface area (Å²) in [7, 11) is 4.18. The number of fused-ring (bicyclic) bond motifs is 3. The number of ether oxygens (including phenoxy) is 1. The van der Waals surface area contributed by atoms with Gasteiger partial charge in [0.25, 0.3) is 0 Å². The molecule has 2 unspecified atom stereocenters. The molecule has 3 fully saturated rings. The van der Waals surface area contributed by atoms with E-state index in [2.05, 4.69) is 64.2 Å². The molecule has 0 amide bonds. The Bertz CT molecular complexity index is 1520. The second kappa shape index (κ2) is 9.83. The van der Waals surface area contributed by atoms with Gasteiger partial charge in [-0.25, -0.2) is 9.50 Å². The van der Waals surface area contributed by atoms with E-state index >= 15 is 0 Å². The van der Waals surface area contributed by atoms with Crippen LogP contribution in [-0.2, 0) is 6.54 Å². The van der Waals surface area contributed by atoms with Crippen LogP contribution in [0.2, 0.25) is 0 Å². The van der Waals surface area contributed by atoms with Crippen molar-refractivity contribution < 1.29 is 9.84 Å². The van der Waals surface area contributed by atoms with Gasteiger partial charge in [-0.2, -0.15) is 10.4 Å². The normalized spacial score (nSPS) is 19.1. The minimum absolute atomic E-state index is 0.138. The average molecular weight is 544 g/mol. The summed E-state index contributed by atoms with van der Waals surface area (Å²) in [6.07, 6.45) is 6.40. The van der Waals surface area contributed by atoms with Crippen molar-refractivity contribution in [1.29, 1.82) is 5.26 Å². The predicted molar refractivity (Wildman–Crippen MR) is 154 cm³/mol. The topological polar surface area (TPSA) is 93.2 Å². The van der Waals surface area contributed by atoms with Crippen LogP contribution in [0.15, 0.2) is 48.9 Å². The number of nitriles is 1. The first-order chi connectivity index (χ1) is 18.7. The third-order valence-corrected chi connectivity index (χ3v) is 8.69. The van der Waals surface area contributed by atoms with E-state index in [1.165, 1.54) is 16.3 Å². The number of aromatic nitrogens is 3. The van der Waals surface area contributed by atoms with Gasteiger partial charge in [0.15, 0.2) is 0 Å². The second-order valence-electron chi connectivity index (χ2n) is 11.3. The van der Waals surface area contributed by atoms with E-state index in [1.807, 2.05) is 23.6 Å².